The Morgan fingerprint density at radius 1 is 1.18 bits per heavy atom. The van der Waals surface area contributed by atoms with E-state index >= 15 is 0 Å². The summed E-state index contributed by atoms with van der Waals surface area (Å²) in [5.41, 5.74) is 2.79. The van der Waals surface area contributed by atoms with Crippen molar-refractivity contribution in [3.63, 3.8) is 0 Å². The number of likely N-dealkylation sites (tertiary alicyclic amines) is 1. The summed E-state index contributed by atoms with van der Waals surface area (Å²) in [6.45, 7) is 16.9. The van der Waals surface area contributed by atoms with Crippen molar-refractivity contribution in [3.8, 4) is 0 Å². The number of carbonyl (C=O) groups is 3. The van der Waals surface area contributed by atoms with Gasteiger partial charge in [-0.15, -0.1) is 24.9 Å². The second kappa shape index (κ2) is 10.9. The molecule has 4 rings (SSSR count). The first kappa shape index (κ1) is 28.4. The maximum absolute atomic E-state index is 14.6. The summed E-state index contributed by atoms with van der Waals surface area (Å²) in [7, 11) is 0. The Labute approximate surface area is 230 Å². The van der Waals surface area contributed by atoms with Gasteiger partial charge in [0.1, 0.15) is 6.04 Å². The molecule has 2 unspecified atom stereocenters. The highest BCUT2D eigenvalue weighted by Crippen LogP contribution is 2.71. The van der Waals surface area contributed by atoms with Crippen LogP contribution in [0.2, 0.25) is 0 Å². The van der Waals surface area contributed by atoms with Gasteiger partial charge in [0.05, 0.1) is 23.2 Å². The number of fused-ring (bicyclic) bond motifs is 1. The number of thioether (sulfide) groups is 1. The first-order valence-electron chi connectivity index (χ1n) is 13.6. The fourth-order valence-electron chi connectivity index (χ4n) is 6.94. The summed E-state index contributed by atoms with van der Waals surface area (Å²) in [5, 5.41) is 9.94. The number of benzene rings is 1. The number of nitrogens with zero attached hydrogens (tertiary/aromatic N) is 3. The summed E-state index contributed by atoms with van der Waals surface area (Å²) >= 11 is 1.66. The molecule has 3 saturated heterocycles. The lowest BCUT2D eigenvalue weighted by Crippen LogP contribution is -2.55. The third kappa shape index (κ3) is 4.39. The lowest BCUT2D eigenvalue weighted by Gasteiger charge is -2.38. The number of anilines is 1. The van der Waals surface area contributed by atoms with Crippen molar-refractivity contribution in [3.05, 3.63) is 54.6 Å². The normalized spacial score (nSPS) is 29.3. The van der Waals surface area contributed by atoms with Crippen molar-refractivity contribution in [2.24, 2.45) is 11.8 Å². The Bertz CT molecular complexity index is 1140. The van der Waals surface area contributed by atoms with Crippen LogP contribution in [-0.2, 0) is 14.4 Å². The van der Waals surface area contributed by atoms with Crippen molar-refractivity contribution < 1.29 is 19.5 Å². The minimum Gasteiger partial charge on any atom is -0.395 e. The molecule has 0 saturated carbocycles. The Morgan fingerprint density at radius 3 is 2.53 bits per heavy atom. The van der Waals surface area contributed by atoms with Crippen LogP contribution >= 0.6 is 11.8 Å². The molecule has 1 aromatic carbocycles. The highest BCUT2D eigenvalue weighted by molar-refractivity contribution is 8.02. The summed E-state index contributed by atoms with van der Waals surface area (Å²) in [4.78, 5) is 47.8. The topological polar surface area (TPSA) is 81.2 Å². The number of rotatable bonds is 11. The van der Waals surface area contributed by atoms with Gasteiger partial charge in [-0.05, 0) is 57.2 Å². The van der Waals surface area contributed by atoms with E-state index < -0.39 is 27.4 Å². The predicted molar refractivity (Wildman–Crippen MR) is 153 cm³/mol. The van der Waals surface area contributed by atoms with Gasteiger partial charge in [0.2, 0.25) is 11.8 Å². The molecule has 38 heavy (non-hydrogen) atoms. The van der Waals surface area contributed by atoms with Crippen molar-refractivity contribution >= 4 is 35.2 Å². The van der Waals surface area contributed by atoms with E-state index in [1.54, 1.807) is 38.6 Å². The van der Waals surface area contributed by atoms with Gasteiger partial charge in [0, 0.05) is 36.6 Å². The fraction of sp³-hybridized carbons (Fsp3) is 0.567. The molecular weight excluding hydrogens is 498 g/mol. The second-order valence-corrected chi connectivity index (χ2v) is 13.0. The lowest BCUT2D eigenvalue weighted by molar-refractivity contribution is -0.145. The molecule has 5 atom stereocenters. The van der Waals surface area contributed by atoms with Crippen LogP contribution in [0, 0.1) is 25.7 Å². The van der Waals surface area contributed by atoms with E-state index in [0.717, 1.165) is 29.7 Å². The minimum absolute atomic E-state index is 0.0313. The van der Waals surface area contributed by atoms with Crippen molar-refractivity contribution in [1.29, 1.82) is 0 Å². The molecule has 0 aliphatic carbocycles. The molecule has 0 radical (unpaired) electrons. The van der Waals surface area contributed by atoms with Crippen LogP contribution in [0.1, 0.15) is 44.2 Å². The average molecular weight is 540 g/mol. The van der Waals surface area contributed by atoms with E-state index in [2.05, 4.69) is 20.1 Å². The van der Waals surface area contributed by atoms with Crippen LogP contribution in [0.3, 0.4) is 0 Å². The monoisotopic (exact) mass is 539 g/mol. The number of hydrogen-bond acceptors (Lipinski definition) is 5. The number of aryl methyl sites for hydroxylation is 2. The van der Waals surface area contributed by atoms with Crippen LogP contribution in [0.4, 0.5) is 5.69 Å². The summed E-state index contributed by atoms with van der Waals surface area (Å²) in [6.07, 6.45) is 5.67. The molecule has 3 aliphatic heterocycles. The van der Waals surface area contributed by atoms with Gasteiger partial charge in [0.15, 0.2) is 0 Å². The maximum Gasteiger partial charge on any atom is 0.251 e. The summed E-state index contributed by atoms with van der Waals surface area (Å²) < 4.78 is -1.15. The number of aliphatic hydroxyl groups excluding tert-OH is 1. The second-order valence-electron chi connectivity index (χ2n) is 11.1. The third-order valence-electron chi connectivity index (χ3n) is 8.51. The molecule has 3 aliphatic rings. The SMILES string of the molecule is C=CCN(CCC)C(=O)[C@@H]1[C@H]2C(=O)N(CCO)C(C(=O)N(CC=C)c3cc(C)ccc3C)C23CC[C@@]1(C)S3. The maximum atomic E-state index is 14.6. The van der Waals surface area contributed by atoms with Gasteiger partial charge in [-0.3, -0.25) is 14.4 Å². The van der Waals surface area contributed by atoms with Gasteiger partial charge >= 0.3 is 0 Å². The Hall–Kier alpha value is -2.58. The van der Waals surface area contributed by atoms with E-state index in [4.69, 9.17) is 0 Å². The van der Waals surface area contributed by atoms with Crippen LogP contribution < -0.4 is 4.90 Å². The molecule has 2 bridgehead atoms. The van der Waals surface area contributed by atoms with Crippen LogP contribution in [0.5, 0.6) is 0 Å². The van der Waals surface area contributed by atoms with Crippen molar-refractivity contribution in [2.45, 2.75) is 62.5 Å². The van der Waals surface area contributed by atoms with Crippen molar-refractivity contribution in [1.82, 2.24) is 9.80 Å². The molecule has 1 N–H and O–H groups in total. The van der Waals surface area contributed by atoms with E-state index in [0.29, 0.717) is 26.1 Å². The standard InChI is InChI=1S/C30H41N3O4S/c1-7-14-31(15-8-2)26(35)23-24-27(36)33(17-18-34)25(30(24)13-12-29(23,6)38-30)28(37)32(16-9-3)22-19-20(4)10-11-21(22)5/h7,9-11,19,23-25,34H,1,3,8,12-18H2,2,4-6H3/t23-,24-,25?,29+,30?/m0/s1. The number of aliphatic hydroxyl groups is 1. The van der Waals surface area contributed by atoms with Gasteiger partial charge in [-0.25, -0.2) is 0 Å². The summed E-state index contributed by atoms with van der Waals surface area (Å²) in [6, 6.07) is 5.23. The molecule has 3 amide bonds. The largest absolute Gasteiger partial charge is 0.395 e. The average Bonchev–Trinajstić information content (AvgIpc) is 3.44. The Morgan fingerprint density at radius 2 is 1.89 bits per heavy atom. The molecule has 206 valence electrons. The number of hydrogen-bond donors (Lipinski definition) is 1. The fourth-order valence-corrected chi connectivity index (χ4v) is 9.28. The molecular formula is C30H41N3O4S. The third-order valence-corrected chi connectivity index (χ3v) is 10.5. The zero-order valence-electron chi connectivity index (χ0n) is 23.1. The number of amides is 3. The van der Waals surface area contributed by atoms with Crippen LogP contribution in [0.25, 0.3) is 0 Å². The van der Waals surface area contributed by atoms with Gasteiger partial charge < -0.3 is 19.8 Å². The number of carbonyl (C=O) groups excluding carboxylic acids is 3. The van der Waals surface area contributed by atoms with E-state index in [-0.39, 0.29) is 30.9 Å². The Balaban J connectivity index is 1.81. The van der Waals surface area contributed by atoms with E-state index in [1.165, 1.54) is 0 Å². The lowest BCUT2D eigenvalue weighted by atomic mass is 9.66. The Kier molecular flexibility index (Phi) is 8.15. The molecule has 3 heterocycles. The zero-order valence-corrected chi connectivity index (χ0v) is 23.9. The first-order valence-corrected chi connectivity index (χ1v) is 14.4. The molecule has 1 spiro atoms. The van der Waals surface area contributed by atoms with Crippen molar-refractivity contribution in [2.75, 3.05) is 37.7 Å². The predicted octanol–water partition coefficient (Wildman–Crippen LogP) is 3.72. The summed E-state index contributed by atoms with van der Waals surface area (Å²) in [5.74, 6) is -1.53. The van der Waals surface area contributed by atoms with Gasteiger partial charge in [0.25, 0.3) is 5.91 Å². The molecule has 8 heteroatoms. The van der Waals surface area contributed by atoms with Gasteiger partial charge in [-0.1, -0.05) is 31.2 Å². The zero-order chi connectivity index (χ0) is 27.8. The van der Waals surface area contributed by atoms with Crippen LogP contribution in [0.15, 0.2) is 43.5 Å². The first-order chi connectivity index (χ1) is 18.1. The smallest absolute Gasteiger partial charge is 0.251 e. The quantitative estimate of drug-likeness (QED) is 0.434. The van der Waals surface area contributed by atoms with Gasteiger partial charge in [-0.2, -0.15) is 0 Å². The molecule has 3 fully saturated rings. The van der Waals surface area contributed by atoms with E-state index in [9.17, 15) is 19.5 Å². The number of β-amino-alcohol motifs (C(OH)–C–C–N with tert-alkyl or cyclic N) is 1. The van der Waals surface area contributed by atoms with Crippen LogP contribution in [-0.4, -0.2) is 80.9 Å². The highest BCUT2D eigenvalue weighted by atomic mass is 32.2. The molecule has 7 nitrogen and oxygen atoms in total. The molecule has 1 aromatic rings. The highest BCUT2D eigenvalue weighted by Gasteiger charge is 2.77. The molecule has 0 aromatic heterocycles. The minimum atomic E-state index is -0.768. The van der Waals surface area contributed by atoms with E-state index in [1.807, 2.05) is 39.0 Å².